The van der Waals surface area contributed by atoms with Crippen molar-refractivity contribution in [1.82, 2.24) is 5.32 Å². The molecule has 1 amide bonds. The predicted octanol–water partition coefficient (Wildman–Crippen LogP) is 4.43. The lowest BCUT2D eigenvalue weighted by atomic mass is 9.84. The number of ether oxygens (including phenoxy) is 4. The molecule has 204 valence electrons. The molecule has 0 aromatic heterocycles. The predicted molar refractivity (Wildman–Crippen MR) is 133 cm³/mol. The van der Waals surface area contributed by atoms with Gasteiger partial charge in [-0.05, 0) is 83.6 Å². The number of nitrogens with one attached hydrogen (secondary N) is 1. The van der Waals surface area contributed by atoms with Crippen molar-refractivity contribution >= 4 is 17.8 Å². The Morgan fingerprint density at radius 2 is 1.59 bits per heavy atom. The van der Waals surface area contributed by atoms with E-state index in [9.17, 15) is 18.8 Å². The summed E-state index contributed by atoms with van der Waals surface area (Å²) in [5, 5.41) is 3.00. The molecule has 0 spiro atoms. The van der Waals surface area contributed by atoms with Gasteiger partial charge in [-0.25, -0.2) is 4.39 Å². The van der Waals surface area contributed by atoms with Gasteiger partial charge in [0.1, 0.15) is 11.4 Å². The highest BCUT2D eigenvalue weighted by Crippen LogP contribution is 2.49. The van der Waals surface area contributed by atoms with Crippen LogP contribution in [-0.4, -0.2) is 49.8 Å². The van der Waals surface area contributed by atoms with Gasteiger partial charge in [0, 0.05) is 12.1 Å². The van der Waals surface area contributed by atoms with Crippen LogP contribution in [0.1, 0.15) is 76.1 Å². The molecule has 0 saturated heterocycles. The van der Waals surface area contributed by atoms with Crippen LogP contribution in [0.25, 0.3) is 0 Å². The highest BCUT2D eigenvalue weighted by Gasteiger charge is 2.52. The number of benzene rings is 1. The zero-order chi connectivity index (χ0) is 26.9. The molecule has 0 aliphatic heterocycles. The van der Waals surface area contributed by atoms with Crippen LogP contribution in [-0.2, 0) is 19.1 Å². The van der Waals surface area contributed by atoms with E-state index in [0.717, 1.165) is 25.3 Å². The topological polar surface area (TPSA) is 100 Å². The third-order valence-electron chi connectivity index (χ3n) is 7.89. The fraction of sp³-hybridized carbons (Fsp3) is 0.679. The molecule has 1 aromatic carbocycles. The van der Waals surface area contributed by atoms with Crippen molar-refractivity contribution in [2.45, 2.75) is 83.5 Å². The van der Waals surface area contributed by atoms with Crippen LogP contribution < -0.4 is 14.8 Å². The number of esters is 2. The zero-order valence-electron chi connectivity index (χ0n) is 22.3. The van der Waals surface area contributed by atoms with Gasteiger partial charge in [-0.3, -0.25) is 14.4 Å². The van der Waals surface area contributed by atoms with E-state index < -0.39 is 17.3 Å². The molecular weight excluding hydrogens is 481 g/mol. The lowest BCUT2D eigenvalue weighted by Crippen LogP contribution is -2.47. The van der Waals surface area contributed by atoms with E-state index in [1.807, 2.05) is 20.8 Å². The fourth-order valence-electron chi connectivity index (χ4n) is 6.16. The standard InChI is InChI=1S/C28H38FNO7/c1-28(2,3)37-26(32)15-8-10-18(11-9-15)36-22-13-19(21(34-4)14-20(22)29)25(31)30-24-17-7-6-16(12-17)23(24)27(33)35-5/h13-18,23-24H,6-12H2,1-5H3,(H,30,31)/t15?,16-,17+,18?,23+,24-/m1/s1. The summed E-state index contributed by atoms with van der Waals surface area (Å²) in [6.45, 7) is 5.52. The summed E-state index contributed by atoms with van der Waals surface area (Å²) in [5.41, 5.74) is -0.393. The second kappa shape index (κ2) is 10.9. The quantitative estimate of drug-likeness (QED) is 0.532. The normalized spacial score (nSPS) is 28.9. The van der Waals surface area contributed by atoms with Crippen molar-refractivity contribution in [3.8, 4) is 11.5 Å². The second-order valence-corrected chi connectivity index (χ2v) is 11.5. The molecule has 4 rings (SSSR count). The zero-order valence-corrected chi connectivity index (χ0v) is 22.3. The molecule has 3 aliphatic rings. The number of carbonyl (C=O) groups excluding carboxylic acids is 3. The third kappa shape index (κ3) is 6.02. The third-order valence-corrected chi connectivity index (χ3v) is 7.89. The van der Waals surface area contributed by atoms with Gasteiger partial charge >= 0.3 is 11.9 Å². The minimum atomic E-state index is -0.630. The van der Waals surface area contributed by atoms with Gasteiger partial charge in [-0.1, -0.05) is 0 Å². The molecule has 4 atom stereocenters. The Morgan fingerprint density at radius 1 is 0.919 bits per heavy atom. The smallest absolute Gasteiger partial charge is 0.311 e. The molecule has 1 aromatic rings. The number of fused-ring (bicyclic) bond motifs is 2. The van der Waals surface area contributed by atoms with Crippen LogP contribution >= 0.6 is 0 Å². The SMILES string of the molecule is COC(=O)[C@H]1[C@@H]2CC[C@@H](C2)[C@H]1NC(=O)c1cc(OC2CCC(C(=O)OC(C)(C)C)CC2)c(F)cc1OC. The van der Waals surface area contributed by atoms with Crippen LogP contribution in [0, 0.1) is 29.5 Å². The lowest BCUT2D eigenvalue weighted by Gasteiger charge is -2.31. The van der Waals surface area contributed by atoms with E-state index >= 15 is 0 Å². The molecule has 9 heteroatoms. The summed E-state index contributed by atoms with van der Waals surface area (Å²) < 4.78 is 36.6. The molecule has 37 heavy (non-hydrogen) atoms. The maximum Gasteiger partial charge on any atom is 0.311 e. The first kappa shape index (κ1) is 27.2. The van der Waals surface area contributed by atoms with Gasteiger partial charge in [0.15, 0.2) is 11.6 Å². The molecule has 3 fully saturated rings. The van der Waals surface area contributed by atoms with Crippen molar-refractivity contribution in [2.24, 2.45) is 23.7 Å². The first-order valence-corrected chi connectivity index (χ1v) is 13.2. The van der Waals surface area contributed by atoms with Crippen molar-refractivity contribution in [3.05, 3.63) is 23.5 Å². The van der Waals surface area contributed by atoms with Gasteiger partial charge < -0.3 is 24.3 Å². The maximum absolute atomic E-state index is 14.9. The Hall–Kier alpha value is -2.84. The first-order valence-electron chi connectivity index (χ1n) is 13.2. The molecule has 0 unspecified atom stereocenters. The Kier molecular flexibility index (Phi) is 7.99. The molecule has 3 aliphatic carbocycles. The average molecular weight is 520 g/mol. The maximum atomic E-state index is 14.9. The van der Waals surface area contributed by atoms with Crippen LogP contribution in [0.15, 0.2) is 12.1 Å². The Labute approximate surface area is 217 Å². The molecular formula is C28H38FNO7. The second-order valence-electron chi connectivity index (χ2n) is 11.5. The van der Waals surface area contributed by atoms with Crippen LogP contribution in [0.5, 0.6) is 11.5 Å². The van der Waals surface area contributed by atoms with E-state index in [1.54, 1.807) is 0 Å². The molecule has 1 N–H and O–H groups in total. The van der Waals surface area contributed by atoms with Gasteiger partial charge in [0.2, 0.25) is 0 Å². The highest BCUT2D eigenvalue weighted by atomic mass is 19.1. The number of methoxy groups -OCH3 is 2. The van der Waals surface area contributed by atoms with E-state index in [2.05, 4.69) is 5.32 Å². The first-order chi connectivity index (χ1) is 17.5. The summed E-state index contributed by atoms with van der Waals surface area (Å²) in [5.74, 6) is -1.72. The number of carbonyl (C=O) groups is 3. The minimum Gasteiger partial charge on any atom is -0.496 e. The number of hydrogen-bond acceptors (Lipinski definition) is 7. The number of amides is 1. The Bertz CT molecular complexity index is 1030. The molecule has 3 saturated carbocycles. The Balaban J connectivity index is 1.44. The van der Waals surface area contributed by atoms with Gasteiger partial charge in [-0.2, -0.15) is 0 Å². The Morgan fingerprint density at radius 3 is 2.22 bits per heavy atom. The minimum absolute atomic E-state index is 0.0378. The molecule has 0 radical (unpaired) electrons. The van der Waals surface area contributed by atoms with Gasteiger partial charge in [0.25, 0.3) is 5.91 Å². The summed E-state index contributed by atoms with van der Waals surface area (Å²) in [6, 6.07) is 2.18. The number of halogens is 1. The van der Waals surface area contributed by atoms with Crippen LogP contribution in [0.3, 0.4) is 0 Å². The van der Waals surface area contributed by atoms with Crippen LogP contribution in [0.2, 0.25) is 0 Å². The summed E-state index contributed by atoms with van der Waals surface area (Å²) in [6.07, 6.45) is 4.81. The summed E-state index contributed by atoms with van der Waals surface area (Å²) >= 11 is 0. The largest absolute Gasteiger partial charge is 0.496 e. The van der Waals surface area contributed by atoms with Crippen molar-refractivity contribution in [3.63, 3.8) is 0 Å². The average Bonchev–Trinajstić information content (AvgIpc) is 3.45. The van der Waals surface area contributed by atoms with Crippen LogP contribution in [0.4, 0.5) is 4.39 Å². The monoisotopic (exact) mass is 519 g/mol. The lowest BCUT2D eigenvalue weighted by molar-refractivity contribution is -0.161. The van der Waals surface area contributed by atoms with Crippen molar-refractivity contribution in [2.75, 3.05) is 14.2 Å². The van der Waals surface area contributed by atoms with E-state index in [4.69, 9.17) is 18.9 Å². The molecule has 2 bridgehead atoms. The van der Waals surface area contributed by atoms with E-state index in [0.29, 0.717) is 25.7 Å². The fourth-order valence-corrected chi connectivity index (χ4v) is 6.16. The number of rotatable bonds is 7. The van der Waals surface area contributed by atoms with Gasteiger partial charge in [0.05, 0.1) is 37.7 Å². The van der Waals surface area contributed by atoms with Crippen molar-refractivity contribution in [1.29, 1.82) is 0 Å². The highest BCUT2D eigenvalue weighted by molar-refractivity contribution is 5.98. The van der Waals surface area contributed by atoms with Crippen molar-refractivity contribution < 1.29 is 37.7 Å². The summed E-state index contributed by atoms with van der Waals surface area (Å²) in [4.78, 5) is 38.1. The summed E-state index contributed by atoms with van der Waals surface area (Å²) in [7, 11) is 2.74. The molecule has 0 heterocycles. The number of hydrogen-bond donors (Lipinski definition) is 1. The van der Waals surface area contributed by atoms with E-state index in [1.165, 1.54) is 20.3 Å². The van der Waals surface area contributed by atoms with E-state index in [-0.39, 0.29) is 64.8 Å². The molecule has 8 nitrogen and oxygen atoms in total. The van der Waals surface area contributed by atoms with Gasteiger partial charge in [-0.15, -0.1) is 0 Å².